The van der Waals surface area contributed by atoms with Gasteiger partial charge in [0.2, 0.25) is 17.3 Å². The quantitative estimate of drug-likeness (QED) is 0.497. The fourth-order valence-corrected chi connectivity index (χ4v) is 4.75. The summed E-state index contributed by atoms with van der Waals surface area (Å²) in [5, 5.41) is 21.1. The molecule has 9 heteroatoms. The molecule has 0 aromatic heterocycles. The zero-order chi connectivity index (χ0) is 18.6. The van der Waals surface area contributed by atoms with Crippen LogP contribution in [0.1, 0.15) is 18.7 Å². The molecule has 136 valence electrons. The van der Waals surface area contributed by atoms with Gasteiger partial charge in [-0.05, 0) is 12.5 Å². The predicted molar refractivity (Wildman–Crippen MR) is 90.9 cm³/mol. The molecule has 26 heavy (non-hydrogen) atoms. The Morgan fingerprint density at radius 3 is 3.00 bits per heavy atom. The van der Waals surface area contributed by atoms with Gasteiger partial charge >= 0.3 is 0 Å². The minimum atomic E-state index is -1.36. The number of hydrogen-bond acceptors (Lipinski definition) is 6. The second-order valence-corrected chi connectivity index (χ2v) is 7.61. The number of amides is 1. The van der Waals surface area contributed by atoms with E-state index in [2.05, 4.69) is 0 Å². The molecule has 1 fully saturated rings. The van der Waals surface area contributed by atoms with Gasteiger partial charge in [0, 0.05) is 24.4 Å². The van der Waals surface area contributed by atoms with Crippen LogP contribution in [-0.2, 0) is 16.1 Å². The third kappa shape index (κ3) is 2.51. The zero-order valence-corrected chi connectivity index (χ0v) is 14.8. The summed E-state index contributed by atoms with van der Waals surface area (Å²) in [5.74, 6) is -1.26. The van der Waals surface area contributed by atoms with E-state index < -0.39 is 18.1 Å². The molecule has 0 saturated carbocycles. The van der Waals surface area contributed by atoms with Crippen LogP contribution < -0.4 is 15.4 Å². The highest BCUT2D eigenvalue weighted by Crippen LogP contribution is 2.39. The number of carboxylic acids is 1. The molecular weight excluding hydrogens is 356 g/mol. The lowest BCUT2D eigenvalue weighted by atomic mass is 10.0. The van der Waals surface area contributed by atoms with Gasteiger partial charge in [-0.3, -0.25) is 9.69 Å². The number of nitrogens with zero attached hydrogens (tertiary/aromatic N) is 3. The van der Waals surface area contributed by atoms with Gasteiger partial charge in [-0.15, -0.1) is 11.8 Å². The molecule has 4 aliphatic rings. The number of hydrogen-bond donors (Lipinski definition) is 2. The van der Waals surface area contributed by atoms with Gasteiger partial charge in [-0.1, -0.05) is 0 Å². The zero-order valence-electron chi connectivity index (χ0n) is 14.0. The second kappa shape index (κ2) is 6.11. The first-order chi connectivity index (χ1) is 12.4. The van der Waals surface area contributed by atoms with Crippen molar-refractivity contribution in [3.63, 3.8) is 0 Å². The molecule has 0 spiro atoms. The number of β-lactam (4-membered cyclic amide) rings is 1. The molecule has 0 aromatic carbocycles. The predicted octanol–water partition coefficient (Wildman–Crippen LogP) is -1.50. The fraction of sp³-hybridized carbons (Fsp3) is 0.353. The molecule has 0 radical (unpaired) electrons. The number of aliphatic carboxylic acids is 1. The summed E-state index contributed by atoms with van der Waals surface area (Å²) in [6.07, 6.45) is 4.90. The summed E-state index contributed by atoms with van der Waals surface area (Å²) in [6, 6.07) is 3.08. The fourth-order valence-electron chi connectivity index (χ4n) is 3.47. The third-order valence-corrected chi connectivity index (χ3v) is 6.13. The first-order valence-electron chi connectivity index (χ1n) is 8.20. The standard InChI is InChI=1S/C17H18N4O4S/c1-9(22)12-3-2-11-7-19(4-5-20(11)12)6-10-8-26-16-13(18)15(23)21(16)14(10)17(24)25/h2-5,7,9,13,16,22H,6,8,18H2,1H3/t9?,13?,16-/m1/s1. The van der Waals surface area contributed by atoms with E-state index in [1.54, 1.807) is 13.1 Å². The number of aliphatic hydroxyl groups excluding tert-OH is 1. The average Bonchev–Trinajstić information content (AvgIpc) is 3.03. The summed E-state index contributed by atoms with van der Waals surface area (Å²) >= 11 is 1.46. The van der Waals surface area contributed by atoms with Crippen molar-refractivity contribution in [2.24, 2.45) is 5.73 Å². The molecule has 4 rings (SSSR count). The summed E-state index contributed by atoms with van der Waals surface area (Å²) in [5.41, 5.74) is 7.95. The molecule has 3 atom stereocenters. The monoisotopic (exact) mass is 374 g/mol. The summed E-state index contributed by atoms with van der Waals surface area (Å²) in [7, 11) is 0. The van der Waals surface area contributed by atoms with Crippen LogP contribution in [0.25, 0.3) is 5.69 Å². The minimum absolute atomic E-state index is 0.0622. The second-order valence-electron chi connectivity index (χ2n) is 6.50. The maximum atomic E-state index is 12.0. The molecule has 4 heterocycles. The molecule has 3 N–H and O–H groups in total. The Morgan fingerprint density at radius 1 is 1.54 bits per heavy atom. The van der Waals surface area contributed by atoms with E-state index >= 15 is 0 Å². The Labute approximate surface area is 153 Å². The van der Waals surface area contributed by atoms with Crippen molar-refractivity contribution < 1.29 is 24.4 Å². The van der Waals surface area contributed by atoms with E-state index in [1.165, 1.54) is 16.7 Å². The Hall–Kier alpha value is -2.36. The lowest BCUT2D eigenvalue weighted by Crippen LogP contribution is -2.69. The third-order valence-electron chi connectivity index (χ3n) is 4.77. The van der Waals surface area contributed by atoms with E-state index in [1.807, 2.05) is 33.7 Å². The van der Waals surface area contributed by atoms with Crippen LogP contribution in [0.3, 0.4) is 0 Å². The molecule has 1 saturated heterocycles. The topological polar surface area (TPSA) is 115 Å². The van der Waals surface area contributed by atoms with Crippen molar-refractivity contribution in [1.82, 2.24) is 9.47 Å². The number of aromatic nitrogens is 2. The average molecular weight is 374 g/mol. The summed E-state index contributed by atoms with van der Waals surface area (Å²) in [6.45, 7) is 2.03. The highest BCUT2D eigenvalue weighted by molar-refractivity contribution is 8.00. The van der Waals surface area contributed by atoms with Crippen molar-refractivity contribution in [2.75, 3.05) is 5.75 Å². The van der Waals surface area contributed by atoms with Crippen LogP contribution in [0.4, 0.5) is 0 Å². The number of fused-ring (bicyclic) bond motifs is 2. The molecular formula is C17H18N4O4S. The first-order valence-corrected chi connectivity index (χ1v) is 9.25. The van der Waals surface area contributed by atoms with E-state index in [9.17, 15) is 19.8 Å². The van der Waals surface area contributed by atoms with E-state index in [0.29, 0.717) is 17.9 Å². The maximum absolute atomic E-state index is 12.0. The Balaban J connectivity index is 1.67. The van der Waals surface area contributed by atoms with Crippen LogP contribution in [0.15, 0.2) is 42.0 Å². The molecule has 0 aliphatic carbocycles. The largest absolute Gasteiger partial charge is 0.543 e. The van der Waals surface area contributed by atoms with Crippen LogP contribution in [0.2, 0.25) is 0 Å². The highest BCUT2D eigenvalue weighted by Gasteiger charge is 2.50. The highest BCUT2D eigenvalue weighted by atomic mass is 32.2. The number of carbonyl (C=O) groups excluding carboxylic acids is 2. The number of aliphatic hydroxyl groups is 1. The van der Waals surface area contributed by atoms with Crippen molar-refractivity contribution in [1.29, 1.82) is 0 Å². The van der Waals surface area contributed by atoms with Gasteiger partial charge in [0.25, 0.3) is 0 Å². The maximum Gasteiger partial charge on any atom is 0.248 e. The van der Waals surface area contributed by atoms with Gasteiger partial charge in [0.05, 0.1) is 24.1 Å². The Kier molecular flexibility index (Phi) is 4.02. The molecule has 1 amide bonds. The number of carboxylic acid groups (broad SMARTS) is 1. The van der Waals surface area contributed by atoms with Crippen LogP contribution in [0.5, 0.6) is 0 Å². The minimum Gasteiger partial charge on any atom is -0.543 e. The SMILES string of the molecule is CC(O)c1ccc2cn(CC3=C(C(=O)[O-])N4C(=O)C(N)[C@H]4SC3)cc[n+]1-2. The van der Waals surface area contributed by atoms with Crippen LogP contribution >= 0.6 is 11.8 Å². The van der Waals surface area contributed by atoms with E-state index in [4.69, 9.17) is 5.73 Å². The lowest BCUT2D eigenvalue weighted by molar-refractivity contribution is -0.606. The molecule has 8 nitrogen and oxygen atoms in total. The Bertz CT molecular complexity index is 906. The van der Waals surface area contributed by atoms with Gasteiger partial charge in [-0.25, -0.2) is 0 Å². The van der Waals surface area contributed by atoms with Crippen molar-refractivity contribution in [2.45, 2.75) is 31.0 Å². The van der Waals surface area contributed by atoms with Crippen molar-refractivity contribution >= 4 is 23.6 Å². The summed E-state index contributed by atoms with van der Waals surface area (Å²) in [4.78, 5) is 24.9. The number of nitrogens with two attached hydrogens (primary N) is 1. The first kappa shape index (κ1) is 17.1. The Morgan fingerprint density at radius 2 is 2.31 bits per heavy atom. The summed E-state index contributed by atoms with van der Waals surface area (Å²) < 4.78 is 3.73. The molecule has 2 unspecified atom stereocenters. The molecule has 0 bridgehead atoms. The molecule has 4 aliphatic heterocycles. The van der Waals surface area contributed by atoms with Crippen molar-refractivity contribution in [3.8, 4) is 5.69 Å². The normalized spacial score (nSPS) is 23.8. The van der Waals surface area contributed by atoms with Gasteiger partial charge in [0.1, 0.15) is 17.5 Å². The van der Waals surface area contributed by atoms with Crippen molar-refractivity contribution in [3.05, 3.63) is 47.7 Å². The molecule has 0 aromatic rings. The van der Waals surface area contributed by atoms with Crippen LogP contribution in [0, 0.1) is 0 Å². The number of thioether (sulfide) groups is 1. The van der Waals surface area contributed by atoms with Crippen LogP contribution in [-0.4, -0.2) is 43.6 Å². The van der Waals surface area contributed by atoms with E-state index in [0.717, 1.165) is 11.4 Å². The smallest absolute Gasteiger partial charge is 0.248 e. The number of rotatable bonds is 4. The van der Waals surface area contributed by atoms with E-state index in [-0.39, 0.29) is 17.0 Å². The van der Waals surface area contributed by atoms with Gasteiger partial charge in [-0.2, -0.15) is 4.57 Å². The van der Waals surface area contributed by atoms with Gasteiger partial charge in [0.15, 0.2) is 6.20 Å². The number of carbonyl (C=O) groups is 2. The lowest BCUT2D eigenvalue weighted by Gasteiger charge is -2.49. The van der Waals surface area contributed by atoms with Gasteiger partial charge < -0.3 is 25.3 Å².